The molecule has 0 amide bonds. The van der Waals surface area contributed by atoms with Crippen LogP contribution in [0, 0.1) is 0 Å². The van der Waals surface area contributed by atoms with E-state index in [1.54, 1.807) is 0 Å². The zero-order valence-corrected chi connectivity index (χ0v) is 29.6. The Morgan fingerprint density at radius 1 is 0.679 bits per heavy atom. The average molecular weight is 516 g/mol. The maximum Gasteiger partial charge on any atom is 1.00 e. The van der Waals surface area contributed by atoms with Crippen LogP contribution in [-0.2, 0) is 9.13 Å². The second kappa shape index (κ2) is 25.3. The van der Waals surface area contributed by atoms with Gasteiger partial charge < -0.3 is 28.7 Å². The molecule has 0 aliphatic heterocycles. The number of rotatable bonds is 17. The molecule has 0 radical (unpaired) electrons. The molecule has 0 aliphatic rings. The summed E-state index contributed by atoms with van der Waals surface area (Å²) in [6, 6.07) is 0. The summed E-state index contributed by atoms with van der Waals surface area (Å²) in [5.74, 6) is 0. The number of hydrogen-bond donors (Lipinski definition) is 1. The van der Waals surface area contributed by atoms with Gasteiger partial charge in [0.25, 0.3) is 0 Å². The predicted molar refractivity (Wildman–Crippen MR) is 94.9 cm³/mol. The maximum atomic E-state index is 10.9. The molecule has 0 aromatic carbocycles. The van der Waals surface area contributed by atoms with Crippen LogP contribution in [0.4, 0.5) is 0 Å². The Balaban J connectivity index is -0.000000960. The van der Waals surface area contributed by atoms with Gasteiger partial charge in [0.2, 0.25) is 0 Å². The van der Waals surface area contributed by atoms with Crippen molar-refractivity contribution in [1.29, 1.82) is 0 Å². The molecule has 1 unspecified atom stereocenters. The van der Waals surface area contributed by atoms with Gasteiger partial charge in [-0.2, -0.15) is 0 Å². The molecule has 0 spiro atoms. The first-order valence-electron chi connectivity index (χ1n) is 9.40. The minimum absolute atomic E-state index is 0. The first kappa shape index (κ1) is 40.3. The molecule has 152 valence electrons. The molecule has 28 heavy (non-hydrogen) atoms. The van der Waals surface area contributed by atoms with Crippen LogP contribution >= 0.6 is 15.2 Å². The normalized spacial score (nSPS) is 13.2. The van der Waals surface area contributed by atoms with Gasteiger partial charge >= 0.3 is 154 Å². The van der Waals surface area contributed by atoms with Gasteiger partial charge in [0.15, 0.2) is 0 Å². The van der Waals surface area contributed by atoms with Crippen LogP contribution in [-0.4, -0.2) is 28.9 Å². The molecule has 7 nitrogen and oxygen atoms in total. The van der Waals surface area contributed by atoms with Gasteiger partial charge in [0.1, 0.15) is 7.60 Å². The molecular weight excluding hydrogens is 481 g/mol. The minimum Gasteiger partial charge on any atom is -0.810 e. The second-order valence-electron chi connectivity index (χ2n) is 6.81. The second-order valence-corrected chi connectivity index (χ2v) is 9.88. The van der Waals surface area contributed by atoms with E-state index in [1.165, 1.54) is 51.4 Å². The van der Waals surface area contributed by atoms with E-state index in [9.17, 15) is 23.8 Å². The van der Waals surface area contributed by atoms with Gasteiger partial charge in [-0.05, 0) is 13.0 Å². The van der Waals surface area contributed by atoms with Gasteiger partial charge in [-0.1, -0.05) is 85.1 Å². The van der Waals surface area contributed by atoms with Crippen molar-refractivity contribution < 1.29 is 183 Å². The van der Waals surface area contributed by atoms with E-state index in [4.69, 9.17) is 4.89 Å². The Morgan fingerprint density at radius 2 is 1.04 bits per heavy atom. The monoisotopic (exact) mass is 515 g/mol. The summed E-state index contributed by atoms with van der Waals surface area (Å²) in [4.78, 5) is 42.3. The molecule has 0 rings (SSSR count). The largest absolute Gasteiger partial charge is 1.00 e. The summed E-state index contributed by atoms with van der Waals surface area (Å²) in [6.07, 6.45) is 12.1. The van der Waals surface area contributed by atoms with Crippen LogP contribution in [0.25, 0.3) is 0 Å². The van der Waals surface area contributed by atoms with Crippen molar-refractivity contribution in [2.45, 2.75) is 84.0 Å². The first-order chi connectivity index (χ1) is 11.6. The average Bonchev–Trinajstić information content (AvgIpc) is 2.45. The maximum absolute atomic E-state index is 10.9. The van der Waals surface area contributed by atoms with Crippen LogP contribution < -0.4 is 169 Å². The fourth-order valence-electron chi connectivity index (χ4n) is 2.86. The van der Waals surface area contributed by atoms with Crippen LogP contribution in [0.5, 0.6) is 0 Å². The van der Waals surface area contributed by atoms with E-state index in [1.807, 2.05) is 0 Å². The zero-order chi connectivity index (χ0) is 19.2. The van der Waals surface area contributed by atoms with E-state index in [-0.39, 0.29) is 161 Å². The SMILES string of the molecule is CCCCCCCCCCCCCCN(CP(=O)([O-])[O-])CP(=O)([O-])O.[K+].[K+].[K+]. The topological polar surface area (TPSA) is 127 Å². The standard InChI is InChI=1S/C16H37NO6P2.3K/c1-2-3-4-5-6-7-8-9-10-11-12-13-14-17(15-24(18,19)20)16-25(21,22)23;;;/h2-16H2,1H3,(H2,18,19,20)(H2,21,22,23);;;/q;3*+1/p-3. The minimum atomic E-state index is -4.84. The zero-order valence-electron chi connectivity index (χ0n) is 18.4. The third kappa shape index (κ3) is 33.3. The van der Waals surface area contributed by atoms with Crippen molar-refractivity contribution >= 4 is 15.2 Å². The van der Waals surface area contributed by atoms with Crippen molar-refractivity contribution in [2.24, 2.45) is 0 Å². The number of hydrogen-bond acceptors (Lipinski definition) is 6. The Hall–Kier alpha value is 5.17. The Labute approximate surface area is 299 Å². The van der Waals surface area contributed by atoms with E-state index >= 15 is 0 Å². The molecule has 0 saturated carbocycles. The van der Waals surface area contributed by atoms with Crippen molar-refractivity contribution in [1.82, 2.24) is 4.90 Å². The van der Waals surface area contributed by atoms with Gasteiger partial charge in [-0.25, -0.2) is 0 Å². The Morgan fingerprint density at radius 3 is 1.36 bits per heavy atom. The predicted octanol–water partition coefficient (Wildman–Crippen LogP) is -6.62. The fourth-order valence-corrected chi connectivity index (χ4v) is 4.50. The summed E-state index contributed by atoms with van der Waals surface area (Å²) in [5, 5.41) is 0. The third-order valence-electron chi connectivity index (χ3n) is 4.08. The Bertz CT molecular complexity index is 399. The van der Waals surface area contributed by atoms with Gasteiger partial charge in [0.05, 0.1) is 6.29 Å². The molecule has 1 N–H and O–H groups in total. The Kier molecular flexibility index (Phi) is 36.4. The smallest absolute Gasteiger partial charge is 0.810 e. The molecule has 0 heterocycles. The van der Waals surface area contributed by atoms with Crippen LogP contribution in [0.2, 0.25) is 0 Å². The van der Waals surface area contributed by atoms with Crippen LogP contribution in [0.3, 0.4) is 0 Å². The number of nitrogens with zero attached hydrogens (tertiary/aromatic N) is 1. The summed E-state index contributed by atoms with van der Waals surface area (Å²) >= 11 is 0. The van der Waals surface area contributed by atoms with E-state index < -0.39 is 27.8 Å². The van der Waals surface area contributed by atoms with Crippen molar-refractivity contribution in [3.8, 4) is 0 Å². The van der Waals surface area contributed by atoms with Crippen molar-refractivity contribution in [3.05, 3.63) is 0 Å². The first-order valence-corrected chi connectivity index (χ1v) is 12.9. The molecule has 0 aromatic heterocycles. The van der Waals surface area contributed by atoms with Crippen LogP contribution in [0.1, 0.15) is 84.0 Å². The summed E-state index contributed by atoms with van der Waals surface area (Å²) in [6.45, 7) is 2.39. The molecule has 0 saturated heterocycles. The molecule has 0 fully saturated rings. The van der Waals surface area contributed by atoms with Gasteiger partial charge in [-0.3, -0.25) is 4.90 Å². The van der Waals surface area contributed by atoms with E-state index in [0.717, 1.165) is 24.2 Å². The van der Waals surface area contributed by atoms with Gasteiger partial charge in [-0.15, -0.1) is 0 Å². The molecule has 0 aromatic rings. The third-order valence-corrected chi connectivity index (χ3v) is 5.58. The van der Waals surface area contributed by atoms with Crippen molar-refractivity contribution in [2.75, 3.05) is 19.1 Å². The summed E-state index contributed by atoms with van der Waals surface area (Å²) in [5.41, 5.74) is 0. The molecule has 0 bridgehead atoms. The molecule has 1 atom stereocenters. The molecule has 12 heteroatoms. The van der Waals surface area contributed by atoms with E-state index in [0.29, 0.717) is 6.42 Å². The summed E-state index contributed by atoms with van der Waals surface area (Å²) in [7, 11) is -9.45. The number of unbranched alkanes of at least 4 members (excludes halogenated alkanes) is 11. The van der Waals surface area contributed by atoms with Crippen molar-refractivity contribution in [3.63, 3.8) is 0 Å². The summed E-state index contributed by atoms with van der Waals surface area (Å²) < 4.78 is 21.7. The van der Waals surface area contributed by atoms with Gasteiger partial charge in [0, 0.05) is 6.29 Å². The fraction of sp³-hybridized carbons (Fsp3) is 1.00. The quantitative estimate of drug-likeness (QED) is 0.116. The van der Waals surface area contributed by atoms with E-state index in [2.05, 4.69) is 6.92 Å². The molecular formula is C16H34K3NO6P2. The molecule has 0 aliphatic carbocycles. The van der Waals surface area contributed by atoms with Crippen LogP contribution in [0.15, 0.2) is 0 Å².